The Morgan fingerprint density at radius 3 is 2.65 bits per heavy atom. The molecule has 4 aromatic heterocycles. The highest BCUT2D eigenvalue weighted by Crippen LogP contribution is 2.32. The van der Waals surface area contributed by atoms with E-state index in [9.17, 15) is 9.59 Å². The number of nitrogens with zero attached hydrogens (tertiary/aromatic N) is 6. The molecule has 0 aliphatic heterocycles. The van der Waals surface area contributed by atoms with Gasteiger partial charge in [-0.05, 0) is 50.5 Å². The van der Waals surface area contributed by atoms with E-state index in [0.717, 1.165) is 41.9 Å². The Labute approximate surface area is 196 Å². The zero-order valence-corrected chi connectivity index (χ0v) is 19.4. The molecule has 0 atom stereocenters. The van der Waals surface area contributed by atoms with Crippen molar-refractivity contribution in [2.75, 3.05) is 11.4 Å². The molecule has 4 heterocycles. The Kier molecular flexibility index (Phi) is 5.61. The number of hydrogen-bond acceptors (Lipinski definition) is 6. The summed E-state index contributed by atoms with van der Waals surface area (Å²) in [4.78, 5) is 44.7. The van der Waals surface area contributed by atoms with Gasteiger partial charge in [0.15, 0.2) is 5.65 Å². The zero-order valence-electron chi connectivity index (χ0n) is 19.4. The van der Waals surface area contributed by atoms with Crippen molar-refractivity contribution in [1.82, 2.24) is 29.1 Å². The molecule has 1 aliphatic rings. The standard InChI is InChI=1S/C25H27N7O2/c1-4-13-31-23-21(24(33)32(25(31)34)19-9-10-19)28-22(29-23)18-8-11-20(27-15-18)30(5-2)16(3)17-7-6-12-26-14-17/h6-8,11-12,14-15,19H,3-5,9-10,13H2,1-2H3,(H,28,29). The summed E-state index contributed by atoms with van der Waals surface area (Å²) in [6, 6.07) is 7.64. The normalized spacial score (nSPS) is 13.4. The van der Waals surface area contributed by atoms with Gasteiger partial charge >= 0.3 is 5.69 Å². The van der Waals surface area contributed by atoms with Crippen LogP contribution in [-0.2, 0) is 6.54 Å². The molecule has 0 spiro atoms. The quantitative estimate of drug-likeness (QED) is 0.434. The summed E-state index contributed by atoms with van der Waals surface area (Å²) < 4.78 is 2.98. The van der Waals surface area contributed by atoms with E-state index in [1.54, 1.807) is 23.2 Å². The van der Waals surface area contributed by atoms with Gasteiger partial charge in [-0.1, -0.05) is 13.5 Å². The van der Waals surface area contributed by atoms with Crippen LogP contribution in [0, 0.1) is 0 Å². The molecule has 9 heteroatoms. The van der Waals surface area contributed by atoms with Crippen LogP contribution in [0.25, 0.3) is 28.2 Å². The molecule has 5 rings (SSSR count). The maximum absolute atomic E-state index is 13.1. The zero-order chi connectivity index (χ0) is 23.8. The molecular formula is C25H27N7O2. The van der Waals surface area contributed by atoms with Crippen molar-refractivity contribution in [1.29, 1.82) is 0 Å². The number of fused-ring (bicyclic) bond motifs is 1. The van der Waals surface area contributed by atoms with Gasteiger partial charge in [0.2, 0.25) is 0 Å². The number of anilines is 1. The third-order valence-electron chi connectivity index (χ3n) is 6.10. The summed E-state index contributed by atoms with van der Waals surface area (Å²) >= 11 is 0. The van der Waals surface area contributed by atoms with E-state index in [2.05, 4.69) is 26.5 Å². The van der Waals surface area contributed by atoms with Gasteiger partial charge < -0.3 is 9.88 Å². The van der Waals surface area contributed by atoms with Crippen molar-refractivity contribution in [3.8, 4) is 11.4 Å². The minimum absolute atomic E-state index is 0.00635. The maximum atomic E-state index is 13.1. The van der Waals surface area contributed by atoms with E-state index in [0.29, 0.717) is 30.1 Å². The van der Waals surface area contributed by atoms with Crippen LogP contribution >= 0.6 is 0 Å². The average Bonchev–Trinajstić information content (AvgIpc) is 3.59. The van der Waals surface area contributed by atoms with Crippen LogP contribution in [0.15, 0.2) is 59.0 Å². The Bertz CT molecular complexity index is 1460. The van der Waals surface area contributed by atoms with E-state index in [1.165, 1.54) is 4.57 Å². The van der Waals surface area contributed by atoms with Crippen LogP contribution in [0.1, 0.15) is 44.7 Å². The van der Waals surface area contributed by atoms with Gasteiger partial charge in [-0.3, -0.25) is 18.9 Å². The number of aromatic amines is 1. The smallest absolute Gasteiger partial charge is 0.332 e. The molecule has 4 aromatic rings. The van der Waals surface area contributed by atoms with Crippen LogP contribution < -0.4 is 16.1 Å². The van der Waals surface area contributed by atoms with Crippen LogP contribution in [-0.4, -0.2) is 35.6 Å². The monoisotopic (exact) mass is 457 g/mol. The topological polar surface area (TPSA) is 102 Å². The molecule has 1 fully saturated rings. The lowest BCUT2D eigenvalue weighted by Crippen LogP contribution is -2.39. The van der Waals surface area contributed by atoms with Crippen LogP contribution in [0.3, 0.4) is 0 Å². The molecule has 0 aromatic carbocycles. The molecule has 1 aliphatic carbocycles. The SMILES string of the molecule is C=C(c1cccnc1)N(CC)c1ccc(-c2nc3c([nH]2)c(=O)n(C2CC2)c(=O)n3CCC)cn1. The predicted octanol–water partition coefficient (Wildman–Crippen LogP) is 3.59. The minimum atomic E-state index is -0.303. The van der Waals surface area contributed by atoms with Crippen molar-refractivity contribution in [2.24, 2.45) is 0 Å². The van der Waals surface area contributed by atoms with Crippen molar-refractivity contribution < 1.29 is 0 Å². The summed E-state index contributed by atoms with van der Waals surface area (Å²) in [5.41, 5.74) is 2.64. The molecule has 9 nitrogen and oxygen atoms in total. The van der Waals surface area contributed by atoms with Gasteiger partial charge in [0.05, 0.1) is 0 Å². The highest BCUT2D eigenvalue weighted by molar-refractivity contribution is 5.78. The number of rotatable bonds is 8. The summed E-state index contributed by atoms with van der Waals surface area (Å²) in [6.07, 6.45) is 7.71. The van der Waals surface area contributed by atoms with Crippen LogP contribution in [0.2, 0.25) is 0 Å². The summed E-state index contributed by atoms with van der Waals surface area (Å²) in [6.45, 7) is 9.44. The van der Waals surface area contributed by atoms with Crippen LogP contribution in [0.4, 0.5) is 5.82 Å². The van der Waals surface area contributed by atoms with E-state index in [-0.39, 0.29) is 17.3 Å². The molecule has 0 bridgehead atoms. The van der Waals surface area contributed by atoms with Crippen LogP contribution in [0.5, 0.6) is 0 Å². The number of nitrogens with one attached hydrogen (secondary N) is 1. The fourth-order valence-electron chi connectivity index (χ4n) is 4.22. The van der Waals surface area contributed by atoms with Gasteiger partial charge in [0.1, 0.15) is 17.2 Å². The first-order chi connectivity index (χ1) is 16.5. The molecule has 0 unspecified atom stereocenters. The fourth-order valence-corrected chi connectivity index (χ4v) is 4.22. The van der Waals surface area contributed by atoms with Gasteiger partial charge in [-0.2, -0.15) is 0 Å². The van der Waals surface area contributed by atoms with E-state index in [1.807, 2.05) is 43.0 Å². The Hall–Kier alpha value is -4.01. The van der Waals surface area contributed by atoms with Gasteiger partial charge in [-0.15, -0.1) is 0 Å². The molecule has 0 radical (unpaired) electrons. The number of aromatic nitrogens is 6. The summed E-state index contributed by atoms with van der Waals surface area (Å²) in [5.74, 6) is 1.26. The van der Waals surface area contributed by atoms with E-state index < -0.39 is 0 Å². The third-order valence-corrected chi connectivity index (χ3v) is 6.10. The molecule has 0 saturated heterocycles. The first kappa shape index (κ1) is 21.8. The fraction of sp³-hybridized carbons (Fsp3) is 0.320. The number of hydrogen-bond donors (Lipinski definition) is 1. The first-order valence-corrected chi connectivity index (χ1v) is 11.6. The van der Waals surface area contributed by atoms with Gasteiger partial charge in [0.25, 0.3) is 5.56 Å². The highest BCUT2D eigenvalue weighted by atomic mass is 16.2. The average molecular weight is 458 g/mol. The number of imidazole rings is 1. The minimum Gasteiger partial charge on any atom is -0.332 e. The Balaban J connectivity index is 1.53. The van der Waals surface area contributed by atoms with Crippen molar-refractivity contribution >= 4 is 22.7 Å². The molecule has 1 N–H and O–H groups in total. The van der Waals surface area contributed by atoms with Crippen molar-refractivity contribution in [2.45, 2.75) is 45.7 Å². The molecular weight excluding hydrogens is 430 g/mol. The lowest BCUT2D eigenvalue weighted by Gasteiger charge is -2.24. The lowest BCUT2D eigenvalue weighted by atomic mass is 10.2. The second-order valence-electron chi connectivity index (χ2n) is 8.46. The van der Waals surface area contributed by atoms with E-state index >= 15 is 0 Å². The summed E-state index contributed by atoms with van der Waals surface area (Å²) in [5, 5.41) is 0. The summed E-state index contributed by atoms with van der Waals surface area (Å²) in [7, 11) is 0. The second kappa shape index (κ2) is 8.74. The maximum Gasteiger partial charge on any atom is 0.333 e. The van der Waals surface area contributed by atoms with Crippen molar-refractivity contribution in [3.63, 3.8) is 0 Å². The highest BCUT2D eigenvalue weighted by Gasteiger charge is 2.30. The predicted molar refractivity (Wildman–Crippen MR) is 133 cm³/mol. The molecule has 174 valence electrons. The Morgan fingerprint density at radius 2 is 2.03 bits per heavy atom. The molecule has 1 saturated carbocycles. The largest absolute Gasteiger partial charge is 0.333 e. The molecule has 0 amide bonds. The second-order valence-corrected chi connectivity index (χ2v) is 8.46. The lowest BCUT2D eigenvalue weighted by molar-refractivity contribution is 0.571. The first-order valence-electron chi connectivity index (χ1n) is 11.6. The number of H-pyrrole nitrogens is 1. The number of pyridine rings is 2. The van der Waals surface area contributed by atoms with Crippen molar-refractivity contribution in [3.05, 3.63) is 75.8 Å². The van der Waals surface area contributed by atoms with Gasteiger partial charge in [-0.25, -0.2) is 14.8 Å². The molecule has 34 heavy (non-hydrogen) atoms. The van der Waals surface area contributed by atoms with E-state index in [4.69, 9.17) is 0 Å². The third kappa shape index (κ3) is 3.72. The number of aryl methyl sites for hydroxylation is 1. The Morgan fingerprint density at radius 1 is 1.21 bits per heavy atom. The van der Waals surface area contributed by atoms with Gasteiger partial charge in [0, 0.05) is 54.5 Å².